The summed E-state index contributed by atoms with van der Waals surface area (Å²) in [7, 11) is 0. The lowest BCUT2D eigenvalue weighted by molar-refractivity contribution is 0.0609. The van der Waals surface area contributed by atoms with Crippen LogP contribution in [-0.4, -0.2) is 6.54 Å². The molecule has 0 radical (unpaired) electrons. The lowest BCUT2D eigenvalue weighted by Gasteiger charge is -2.34. The second-order valence-electron chi connectivity index (χ2n) is 6.07. The normalized spacial score (nSPS) is 16.3. The van der Waals surface area contributed by atoms with Gasteiger partial charge in [-0.25, -0.2) is 4.39 Å². The monoisotopic (exact) mass is 317 g/mol. The molecule has 22 heavy (non-hydrogen) atoms. The van der Waals surface area contributed by atoms with E-state index in [2.05, 4.69) is 11.4 Å². The Morgan fingerprint density at radius 3 is 2.45 bits per heavy atom. The molecule has 3 rings (SSSR count). The number of benzene rings is 2. The topological polar surface area (TPSA) is 12.0 Å². The number of halogens is 2. The third kappa shape index (κ3) is 3.68. The molecule has 0 atom stereocenters. The van der Waals surface area contributed by atoms with Crippen LogP contribution in [0.5, 0.6) is 0 Å². The molecular formula is C19H21ClFN. The Balaban J connectivity index is 1.45. The minimum atomic E-state index is -1.06. The summed E-state index contributed by atoms with van der Waals surface area (Å²) in [5.41, 5.74) is 2.21. The first-order valence-electron chi connectivity index (χ1n) is 7.89. The van der Waals surface area contributed by atoms with Gasteiger partial charge in [0.05, 0.1) is 0 Å². The summed E-state index contributed by atoms with van der Waals surface area (Å²) in [6.45, 7) is 1.70. The third-order valence-electron chi connectivity index (χ3n) is 4.43. The van der Waals surface area contributed by atoms with Gasteiger partial charge in [-0.3, -0.25) is 0 Å². The standard InChI is InChI=1S/C19H21ClFN/c20-18-4-1-3-15(13-18)9-12-22-14-16-5-7-17(8-6-16)19(21)10-2-11-19/h1,3-8,13,22H,2,9-12,14H2. The van der Waals surface area contributed by atoms with Crippen molar-refractivity contribution in [3.8, 4) is 0 Å². The Morgan fingerprint density at radius 2 is 1.82 bits per heavy atom. The number of hydrogen-bond donors (Lipinski definition) is 1. The van der Waals surface area contributed by atoms with Crippen LogP contribution in [0.25, 0.3) is 0 Å². The molecular weight excluding hydrogens is 297 g/mol. The average molecular weight is 318 g/mol. The van der Waals surface area contributed by atoms with E-state index in [1.54, 1.807) is 0 Å². The molecule has 2 aromatic carbocycles. The molecule has 0 amide bonds. The van der Waals surface area contributed by atoms with Crippen LogP contribution in [0.15, 0.2) is 48.5 Å². The lowest BCUT2D eigenvalue weighted by atomic mass is 9.77. The van der Waals surface area contributed by atoms with Crippen LogP contribution >= 0.6 is 11.6 Å². The highest BCUT2D eigenvalue weighted by atomic mass is 35.5. The van der Waals surface area contributed by atoms with E-state index in [0.29, 0.717) is 12.8 Å². The van der Waals surface area contributed by atoms with Crippen LogP contribution in [0.4, 0.5) is 4.39 Å². The van der Waals surface area contributed by atoms with Crippen LogP contribution in [0.2, 0.25) is 5.02 Å². The van der Waals surface area contributed by atoms with Crippen molar-refractivity contribution in [3.63, 3.8) is 0 Å². The fourth-order valence-electron chi connectivity index (χ4n) is 2.86. The van der Waals surface area contributed by atoms with Gasteiger partial charge >= 0.3 is 0 Å². The van der Waals surface area contributed by atoms with Crippen molar-refractivity contribution in [2.45, 2.75) is 37.9 Å². The van der Waals surface area contributed by atoms with Gasteiger partial charge in [-0.2, -0.15) is 0 Å². The summed E-state index contributed by atoms with van der Waals surface area (Å²) in [6, 6.07) is 15.9. The van der Waals surface area contributed by atoms with Crippen molar-refractivity contribution in [2.24, 2.45) is 0 Å². The highest BCUT2D eigenvalue weighted by Gasteiger charge is 2.38. The van der Waals surface area contributed by atoms with E-state index in [9.17, 15) is 4.39 Å². The highest BCUT2D eigenvalue weighted by molar-refractivity contribution is 6.30. The van der Waals surface area contributed by atoms with Crippen molar-refractivity contribution >= 4 is 11.6 Å². The zero-order valence-corrected chi connectivity index (χ0v) is 13.4. The summed E-state index contributed by atoms with van der Waals surface area (Å²) in [5, 5.41) is 4.20. The maximum atomic E-state index is 14.3. The van der Waals surface area contributed by atoms with Crippen molar-refractivity contribution in [1.82, 2.24) is 5.32 Å². The Labute approximate surface area is 136 Å². The molecule has 1 aliphatic rings. The van der Waals surface area contributed by atoms with Crippen molar-refractivity contribution in [1.29, 1.82) is 0 Å². The number of hydrogen-bond acceptors (Lipinski definition) is 1. The van der Waals surface area contributed by atoms with E-state index in [-0.39, 0.29) is 0 Å². The summed E-state index contributed by atoms with van der Waals surface area (Å²) < 4.78 is 14.3. The summed E-state index contributed by atoms with van der Waals surface area (Å²) >= 11 is 5.97. The SMILES string of the molecule is FC1(c2ccc(CNCCc3cccc(Cl)c3)cc2)CCC1. The lowest BCUT2D eigenvalue weighted by Crippen LogP contribution is -2.28. The first-order chi connectivity index (χ1) is 10.7. The fourth-order valence-corrected chi connectivity index (χ4v) is 3.07. The molecule has 3 heteroatoms. The van der Waals surface area contributed by atoms with Gasteiger partial charge in [0.1, 0.15) is 5.67 Å². The molecule has 2 aromatic rings. The number of rotatable bonds is 6. The number of nitrogens with one attached hydrogen (secondary N) is 1. The molecule has 0 aromatic heterocycles. The predicted molar refractivity (Wildman–Crippen MR) is 89.9 cm³/mol. The largest absolute Gasteiger partial charge is 0.312 e. The van der Waals surface area contributed by atoms with E-state index in [1.165, 1.54) is 11.1 Å². The van der Waals surface area contributed by atoms with Crippen molar-refractivity contribution in [2.75, 3.05) is 6.54 Å². The molecule has 0 bridgehead atoms. The maximum absolute atomic E-state index is 14.3. The molecule has 116 valence electrons. The molecule has 1 N–H and O–H groups in total. The quantitative estimate of drug-likeness (QED) is 0.738. The Morgan fingerprint density at radius 1 is 1.05 bits per heavy atom. The molecule has 1 saturated carbocycles. The van der Waals surface area contributed by atoms with Crippen LogP contribution in [0, 0.1) is 0 Å². The molecule has 0 unspecified atom stereocenters. The van der Waals surface area contributed by atoms with Gasteiger partial charge in [0.15, 0.2) is 0 Å². The van der Waals surface area contributed by atoms with Crippen molar-refractivity contribution < 1.29 is 4.39 Å². The molecule has 0 saturated heterocycles. The van der Waals surface area contributed by atoms with E-state index in [4.69, 9.17) is 11.6 Å². The predicted octanol–water partition coefficient (Wildman–Crippen LogP) is 5.02. The highest BCUT2D eigenvalue weighted by Crippen LogP contribution is 2.44. The maximum Gasteiger partial charge on any atom is 0.136 e. The van der Waals surface area contributed by atoms with Crippen LogP contribution in [0.3, 0.4) is 0 Å². The van der Waals surface area contributed by atoms with E-state index < -0.39 is 5.67 Å². The first kappa shape index (κ1) is 15.5. The van der Waals surface area contributed by atoms with Gasteiger partial charge in [0.25, 0.3) is 0 Å². The molecule has 1 nitrogen and oxygen atoms in total. The van der Waals surface area contributed by atoms with Gasteiger partial charge in [0.2, 0.25) is 0 Å². The molecule has 0 spiro atoms. The van der Waals surface area contributed by atoms with Crippen LogP contribution < -0.4 is 5.32 Å². The zero-order valence-electron chi connectivity index (χ0n) is 12.6. The van der Waals surface area contributed by atoms with E-state index in [0.717, 1.165) is 36.5 Å². The minimum Gasteiger partial charge on any atom is -0.312 e. The number of alkyl halides is 1. The van der Waals surface area contributed by atoms with Gasteiger partial charge in [-0.15, -0.1) is 0 Å². The Kier molecular flexibility index (Phi) is 4.80. The first-order valence-corrected chi connectivity index (χ1v) is 8.27. The fraction of sp³-hybridized carbons (Fsp3) is 0.368. The molecule has 0 aliphatic heterocycles. The second kappa shape index (κ2) is 6.80. The van der Waals surface area contributed by atoms with E-state index >= 15 is 0 Å². The minimum absolute atomic E-state index is 0.671. The van der Waals surface area contributed by atoms with Crippen molar-refractivity contribution in [3.05, 3.63) is 70.2 Å². The van der Waals surface area contributed by atoms with Crippen LogP contribution in [-0.2, 0) is 18.6 Å². The Bertz CT molecular complexity index is 620. The summed E-state index contributed by atoms with van der Waals surface area (Å²) in [4.78, 5) is 0. The molecule has 1 fully saturated rings. The van der Waals surface area contributed by atoms with Crippen LogP contribution in [0.1, 0.15) is 36.0 Å². The van der Waals surface area contributed by atoms with E-state index in [1.807, 2.05) is 42.5 Å². The molecule has 0 heterocycles. The summed E-state index contributed by atoms with van der Waals surface area (Å²) in [6.07, 6.45) is 3.30. The zero-order chi connectivity index (χ0) is 15.4. The third-order valence-corrected chi connectivity index (χ3v) is 4.66. The van der Waals surface area contributed by atoms with Gasteiger partial charge < -0.3 is 5.32 Å². The Hall–Kier alpha value is -1.38. The smallest absolute Gasteiger partial charge is 0.136 e. The summed E-state index contributed by atoms with van der Waals surface area (Å²) in [5.74, 6) is 0. The average Bonchev–Trinajstić information content (AvgIpc) is 2.50. The van der Waals surface area contributed by atoms with Gasteiger partial charge in [-0.05, 0) is 61.1 Å². The van der Waals surface area contributed by atoms with Gasteiger partial charge in [-0.1, -0.05) is 48.0 Å². The molecule has 1 aliphatic carbocycles. The second-order valence-corrected chi connectivity index (χ2v) is 6.51. The van der Waals surface area contributed by atoms with Gasteiger partial charge in [0, 0.05) is 11.6 Å².